The van der Waals surface area contributed by atoms with E-state index in [0.29, 0.717) is 45.1 Å². The number of nitrogens with zero attached hydrogens (tertiary/aromatic N) is 3. The molecule has 1 atom stereocenters. The lowest BCUT2D eigenvalue weighted by atomic mass is 9.93. The third-order valence-electron chi connectivity index (χ3n) is 7.44. The lowest BCUT2D eigenvalue weighted by molar-refractivity contribution is -0.138. The summed E-state index contributed by atoms with van der Waals surface area (Å²) in [5.74, 6) is -0.142. The van der Waals surface area contributed by atoms with Crippen molar-refractivity contribution in [3.05, 3.63) is 119 Å². The van der Waals surface area contributed by atoms with Crippen LogP contribution in [-0.4, -0.2) is 35.7 Å². The quantitative estimate of drug-likeness (QED) is 0.251. The lowest BCUT2D eigenvalue weighted by Gasteiger charge is -2.26. The summed E-state index contributed by atoms with van der Waals surface area (Å²) < 4.78 is 14.0. The first-order valence-electron chi connectivity index (χ1n) is 14.4. The maximum Gasteiger partial charge on any atom is 0.338 e. The molecule has 0 unspecified atom stereocenters. The molecule has 3 aromatic carbocycles. The predicted octanol–water partition coefficient (Wildman–Crippen LogP) is 5.22. The number of likely N-dealkylation sites (N-methyl/N-ethyl adjacent to an activating group) is 1. The maximum absolute atomic E-state index is 14.5. The van der Waals surface area contributed by atoms with Gasteiger partial charge in [0.15, 0.2) is 4.80 Å². The van der Waals surface area contributed by atoms with Crippen molar-refractivity contribution in [1.29, 1.82) is 0 Å². The molecule has 0 N–H and O–H groups in total. The molecule has 0 bridgehead atoms. The Morgan fingerprint density at radius 2 is 1.75 bits per heavy atom. The fourth-order valence-corrected chi connectivity index (χ4v) is 7.10. The Morgan fingerprint density at radius 1 is 1.02 bits per heavy atom. The maximum atomic E-state index is 14.5. The van der Waals surface area contributed by atoms with E-state index in [-0.39, 0.29) is 28.7 Å². The highest BCUT2D eigenvalue weighted by molar-refractivity contribution is 9.10. The molecule has 3 heterocycles. The Kier molecular flexibility index (Phi) is 8.13. The van der Waals surface area contributed by atoms with E-state index in [1.54, 1.807) is 11.8 Å². The van der Waals surface area contributed by atoms with Gasteiger partial charge in [-0.05, 0) is 63.6 Å². The van der Waals surface area contributed by atoms with Crippen LogP contribution in [0.4, 0.5) is 5.69 Å². The van der Waals surface area contributed by atoms with Gasteiger partial charge in [0.25, 0.3) is 11.5 Å². The van der Waals surface area contributed by atoms with E-state index >= 15 is 0 Å². The zero-order valence-corrected chi connectivity index (χ0v) is 27.1. The molecule has 1 amide bonds. The molecule has 224 valence electrons. The molecule has 0 saturated heterocycles. The number of carbonyl (C=O) groups is 2. The predicted molar refractivity (Wildman–Crippen MR) is 174 cm³/mol. The topological polar surface area (TPSA) is 90.2 Å². The van der Waals surface area contributed by atoms with Crippen LogP contribution in [0.1, 0.15) is 50.4 Å². The van der Waals surface area contributed by atoms with E-state index in [4.69, 9.17) is 14.5 Å². The SMILES string of the molecule is CCOC(=O)C1=C(c2ccccc2)N=c2s/c(=C3\C(=O)N(CC)c4ccc(Br)cc43)c(=O)n2[C@H]1c1ccc(OC(C)C)cc1. The van der Waals surface area contributed by atoms with Crippen molar-refractivity contribution >= 4 is 56.1 Å². The van der Waals surface area contributed by atoms with Crippen molar-refractivity contribution in [2.24, 2.45) is 4.99 Å². The highest BCUT2D eigenvalue weighted by Crippen LogP contribution is 2.38. The summed E-state index contributed by atoms with van der Waals surface area (Å²) in [6.45, 7) is 8.14. The van der Waals surface area contributed by atoms with Crippen molar-refractivity contribution in [3.63, 3.8) is 0 Å². The number of esters is 1. The van der Waals surface area contributed by atoms with Crippen LogP contribution in [0.3, 0.4) is 0 Å². The van der Waals surface area contributed by atoms with Crippen LogP contribution in [0, 0.1) is 0 Å². The van der Waals surface area contributed by atoms with E-state index in [1.807, 2.05) is 93.6 Å². The van der Waals surface area contributed by atoms with Crippen molar-refractivity contribution in [1.82, 2.24) is 4.57 Å². The molecule has 2 aliphatic heterocycles. The lowest BCUT2D eigenvalue weighted by Crippen LogP contribution is -2.41. The van der Waals surface area contributed by atoms with E-state index < -0.39 is 17.6 Å². The van der Waals surface area contributed by atoms with Crippen LogP contribution >= 0.6 is 27.3 Å². The first-order valence-corrected chi connectivity index (χ1v) is 16.0. The number of rotatable bonds is 7. The fraction of sp³-hybridized carbons (Fsp3) is 0.235. The van der Waals surface area contributed by atoms with Crippen LogP contribution in [0.25, 0.3) is 11.3 Å². The molecule has 0 saturated carbocycles. The van der Waals surface area contributed by atoms with Crippen molar-refractivity contribution < 1.29 is 19.1 Å². The van der Waals surface area contributed by atoms with Gasteiger partial charge in [0.2, 0.25) is 0 Å². The number of amides is 1. The molecule has 6 rings (SSSR count). The van der Waals surface area contributed by atoms with Crippen LogP contribution in [0.5, 0.6) is 5.75 Å². The normalized spacial score (nSPS) is 17.0. The minimum absolute atomic E-state index is 0.0192. The minimum atomic E-state index is -0.858. The number of thiazole rings is 1. The van der Waals surface area contributed by atoms with Gasteiger partial charge >= 0.3 is 5.97 Å². The number of ether oxygens (including phenoxy) is 2. The minimum Gasteiger partial charge on any atom is -0.491 e. The summed E-state index contributed by atoms with van der Waals surface area (Å²) >= 11 is 4.68. The van der Waals surface area contributed by atoms with Gasteiger partial charge < -0.3 is 14.4 Å². The number of anilines is 1. The molecule has 2 aliphatic rings. The smallest absolute Gasteiger partial charge is 0.338 e. The standard InChI is InChI=1S/C34H30BrN3O5S/c1-5-37-25-17-14-22(35)18-24(25)26(31(37)39)30-32(40)38-29(21-12-15-23(16-13-21)43-19(3)4)27(33(41)42-6-2)28(36-34(38)44-30)20-10-8-7-9-11-20/h7-19,29H,5-6H2,1-4H3/b30-26-/t29-/m0/s1. The van der Waals surface area contributed by atoms with Gasteiger partial charge in [-0.1, -0.05) is 69.7 Å². The molecule has 8 nitrogen and oxygen atoms in total. The molecule has 0 spiro atoms. The van der Waals surface area contributed by atoms with Crippen molar-refractivity contribution in [3.8, 4) is 5.75 Å². The highest BCUT2D eigenvalue weighted by atomic mass is 79.9. The third kappa shape index (κ3) is 5.11. The highest BCUT2D eigenvalue weighted by Gasteiger charge is 2.38. The molecule has 0 radical (unpaired) electrons. The Balaban J connectivity index is 1.68. The monoisotopic (exact) mass is 671 g/mol. The van der Waals surface area contributed by atoms with Crippen LogP contribution in [-0.2, 0) is 14.3 Å². The van der Waals surface area contributed by atoms with Crippen LogP contribution in [0.2, 0.25) is 0 Å². The number of carbonyl (C=O) groups excluding carboxylic acids is 2. The summed E-state index contributed by atoms with van der Waals surface area (Å²) in [6.07, 6.45) is -0.0192. The first-order chi connectivity index (χ1) is 21.2. The number of hydrogen-bond acceptors (Lipinski definition) is 7. The first kappa shape index (κ1) is 29.8. The van der Waals surface area contributed by atoms with Gasteiger partial charge in [0, 0.05) is 22.1 Å². The van der Waals surface area contributed by atoms with Gasteiger partial charge in [0.1, 0.15) is 10.3 Å². The second-order valence-electron chi connectivity index (χ2n) is 10.6. The van der Waals surface area contributed by atoms with E-state index in [9.17, 15) is 14.4 Å². The Morgan fingerprint density at radius 3 is 2.41 bits per heavy atom. The van der Waals surface area contributed by atoms with Gasteiger partial charge in [-0.25, -0.2) is 9.79 Å². The number of halogens is 1. The van der Waals surface area contributed by atoms with Gasteiger partial charge in [0.05, 0.1) is 41.3 Å². The Labute approximate surface area is 266 Å². The molecular formula is C34H30BrN3O5S. The van der Waals surface area contributed by atoms with Gasteiger partial charge in [-0.15, -0.1) is 0 Å². The average molecular weight is 673 g/mol. The fourth-order valence-electron chi connectivity index (χ4n) is 5.64. The van der Waals surface area contributed by atoms with Crippen LogP contribution < -0.4 is 24.5 Å². The van der Waals surface area contributed by atoms with Gasteiger partial charge in [-0.3, -0.25) is 14.2 Å². The summed E-state index contributed by atoms with van der Waals surface area (Å²) in [6, 6.07) is 21.5. The van der Waals surface area contributed by atoms with Gasteiger partial charge in [-0.2, -0.15) is 0 Å². The second-order valence-corrected chi connectivity index (χ2v) is 12.5. The molecule has 1 aromatic heterocycles. The average Bonchev–Trinajstić information content (AvgIpc) is 3.48. The summed E-state index contributed by atoms with van der Waals surface area (Å²) in [7, 11) is 0. The summed E-state index contributed by atoms with van der Waals surface area (Å²) in [5.41, 5.74) is 3.41. The number of aromatic nitrogens is 1. The van der Waals surface area contributed by atoms with E-state index in [1.165, 1.54) is 4.57 Å². The zero-order chi connectivity index (χ0) is 31.1. The molecule has 10 heteroatoms. The Bertz CT molecular complexity index is 1990. The van der Waals surface area contributed by atoms with Crippen molar-refractivity contribution in [2.45, 2.75) is 39.8 Å². The number of fused-ring (bicyclic) bond motifs is 2. The summed E-state index contributed by atoms with van der Waals surface area (Å²) in [5, 5.41) is 0. The Hall–Kier alpha value is -4.28. The molecular weight excluding hydrogens is 642 g/mol. The molecule has 44 heavy (non-hydrogen) atoms. The zero-order valence-electron chi connectivity index (χ0n) is 24.7. The molecule has 0 fully saturated rings. The summed E-state index contributed by atoms with van der Waals surface area (Å²) in [4.78, 5) is 49.0. The second kappa shape index (κ2) is 12.0. The molecule has 4 aromatic rings. The van der Waals surface area contributed by atoms with Crippen molar-refractivity contribution in [2.75, 3.05) is 18.1 Å². The number of benzene rings is 3. The largest absolute Gasteiger partial charge is 0.491 e. The third-order valence-corrected chi connectivity index (χ3v) is 8.98. The van der Waals surface area contributed by atoms with E-state index in [2.05, 4.69) is 15.9 Å². The number of hydrogen-bond donors (Lipinski definition) is 0. The van der Waals surface area contributed by atoms with Crippen LogP contribution in [0.15, 0.2) is 92.6 Å². The van der Waals surface area contributed by atoms with E-state index in [0.717, 1.165) is 21.5 Å². The molecule has 0 aliphatic carbocycles.